The lowest BCUT2D eigenvalue weighted by Gasteiger charge is -2.09. The maximum absolute atomic E-state index is 13.5. The van der Waals surface area contributed by atoms with Crippen LogP contribution in [0.15, 0.2) is 23.7 Å². The summed E-state index contributed by atoms with van der Waals surface area (Å²) in [5.74, 6) is 0.480. The number of hydrogen-bond acceptors (Lipinski definition) is 3. The van der Waals surface area contributed by atoms with Crippen molar-refractivity contribution in [3.05, 3.63) is 45.9 Å². The molecule has 0 bridgehead atoms. The molecule has 0 saturated carbocycles. The van der Waals surface area contributed by atoms with E-state index in [1.54, 1.807) is 17.4 Å². The van der Waals surface area contributed by atoms with E-state index in [0.29, 0.717) is 6.54 Å². The van der Waals surface area contributed by atoms with Crippen molar-refractivity contribution in [3.8, 4) is 0 Å². The summed E-state index contributed by atoms with van der Waals surface area (Å²) in [5.41, 5.74) is 4.33. The van der Waals surface area contributed by atoms with E-state index in [1.165, 1.54) is 12.1 Å². The third-order valence-corrected chi connectivity index (χ3v) is 4.36. The standard InChI is InChI=1S/C14H13ClFN3S/c1-8(15)14-18-11-4-3-10(16)5-12(11)19(14)6-13-9(2)17-7-20-13/h3-5,7-8H,6H2,1-2H3. The van der Waals surface area contributed by atoms with Crippen LogP contribution >= 0.6 is 22.9 Å². The summed E-state index contributed by atoms with van der Waals surface area (Å²) in [5, 5.41) is -0.237. The molecule has 6 heteroatoms. The Balaban J connectivity index is 2.18. The largest absolute Gasteiger partial charge is 0.321 e. The zero-order valence-electron chi connectivity index (χ0n) is 11.1. The minimum Gasteiger partial charge on any atom is -0.321 e. The molecule has 3 nitrogen and oxygen atoms in total. The summed E-state index contributed by atoms with van der Waals surface area (Å²) in [4.78, 5) is 9.89. The molecule has 1 atom stereocenters. The van der Waals surface area contributed by atoms with Gasteiger partial charge in [-0.05, 0) is 32.0 Å². The first-order valence-electron chi connectivity index (χ1n) is 6.25. The molecule has 3 aromatic rings. The molecule has 0 aliphatic carbocycles. The quantitative estimate of drug-likeness (QED) is 0.676. The van der Waals surface area contributed by atoms with E-state index in [1.807, 2.05) is 23.9 Å². The van der Waals surface area contributed by atoms with Crippen LogP contribution in [0.5, 0.6) is 0 Å². The van der Waals surface area contributed by atoms with E-state index in [9.17, 15) is 4.39 Å². The van der Waals surface area contributed by atoms with Crippen molar-refractivity contribution in [2.45, 2.75) is 25.8 Å². The summed E-state index contributed by atoms with van der Waals surface area (Å²) in [6.45, 7) is 4.45. The van der Waals surface area contributed by atoms with Crippen LogP contribution in [0.1, 0.15) is 28.7 Å². The molecule has 0 spiro atoms. The predicted molar refractivity (Wildman–Crippen MR) is 79.9 cm³/mol. The van der Waals surface area contributed by atoms with E-state index < -0.39 is 0 Å². The SMILES string of the molecule is Cc1ncsc1Cn1c(C(C)Cl)nc2ccc(F)cc21. The van der Waals surface area contributed by atoms with Gasteiger partial charge in [0.25, 0.3) is 0 Å². The first-order valence-corrected chi connectivity index (χ1v) is 7.56. The molecule has 2 aromatic heterocycles. The highest BCUT2D eigenvalue weighted by molar-refractivity contribution is 7.09. The van der Waals surface area contributed by atoms with Crippen LogP contribution in [-0.2, 0) is 6.54 Å². The monoisotopic (exact) mass is 309 g/mol. The van der Waals surface area contributed by atoms with Gasteiger partial charge in [0.15, 0.2) is 0 Å². The number of aromatic nitrogens is 3. The molecule has 0 fully saturated rings. The molecule has 0 radical (unpaired) electrons. The second kappa shape index (κ2) is 5.14. The molecule has 1 aromatic carbocycles. The lowest BCUT2D eigenvalue weighted by molar-refractivity contribution is 0.628. The molecular formula is C14H13ClFN3S. The Bertz CT molecular complexity index is 763. The van der Waals surface area contributed by atoms with Crippen molar-refractivity contribution in [1.29, 1.82) is 0 Å². The van der Waals surface area contributed by atoms with Crippen LogP contribution in [0.2, 0.25) is 0 Å². The van der Waals surface area contributed by atoms with Crippen molar-refractivity contribution < 1.29 is 4.39 Å². The molecule has 3 rings (SSSR count). The van der Waals surface area contributed by atoms with Crippen molar-refractivity contribution >= 4 is 34.0 Å². The van der Waals surface area contributed by atoms with Gasteiger partial charge in [0.1, 0.15) is 11.6 Å². The first-order chi connectivity index (χ1) is 9.56. The zero-order chi connectivity index (χ0) is 14.3. The molecule has 104 valence electrons. The molecule has 0 aliphatic heterocycles. The minimum absolute atomic E-state index is 0.237. The van der Waals surface area contributed by atoms with Gasteiger partial charge >= 0.3 is 0 Å². The Morgan fingerprint density at radius 1 is 1.45 bits per heavy atom. The van der Waals surface area contributed by atoms with Crippen molar-refractivity contribution in [2.24, 2.45) is 0 Å². The van der Waals surface area contributed by atoms with Crippen LogP contribution in [0.4, 0.5) is 4.39 Å². The summed E-state index contributed by atoms with van der Waals surface area (Å²) in [7, 11) is 0. The number of alkyl halides is 1. The number of halogens is 2. The van der Waals surface area contributed by atoms with Crippen molar-refractivity contribution in [2.75, 3.05) is 0 Å². The van der Waals surface area contributed by atoms with Crippen LogP contribution in [0, 0.1) is 12.7 Å². The number of benzene rings is 1. The van der Waals surface area contributed by atoms with Gasteiger partial charge < -0.3 is 4.57 Å². The number of thiazole rings is 1. The van der Waals surface area contributed by atoms with E-state index in [4.69, 9.17) is 11.6 Å². The normalized spacial score (nSPS) is 13.0. The predicted octanol–water partition coefficient (Wildman–Crippen LogP) is 4.29. The number of nitrogens with zero attached hydrogens (tertiary/aromatic N) is 3. The maximum Gasteiger partial charge on any atom is 0.128 e. The van der Waals surface area contributed by atoms with E-state index in [-0.39, 0.29) is 11.2 Å². The third kappa shape index (κ3) is 2.31. The van der Waals surface area contributed by atoms with Gasteiger partial charge in [-0.2, -0.15) is 0 Å². The van der Waals surface area contributed by atoms with Gasteiger partial charge in [-0.15, -0.1) is 22.9 Å². The Kier molecular flexibility index (Phi) is 3.48. The number of aryl methyl sites for hydroxylation is 1. The molecule has 1 unspecified atom stereocenters. The minimum atomic E-state index is -0.270. The summed E-state index contributed by atoms with van der Waals surface area (Å²) in [6, 6.07) is 4.60. The number of fused-ring (bicyclic) bond motifs is 1. The van der Waals surface area contributed by atoms with E-state index in [0.717, 1.165) is 27.4 Å². The fraction of sp³-hybridized carbons (Fsp3) is 0.286. The lowest BCUT2D eigenvalue weighted by atomic mass is 10.3. The van der Waals surface area contributed by atoms with Crippen LogP contribution < -0.4 is 0 Å². The topological polar surface area (TPSA) is 30.7 Å². The van der Waals surface area contributed by atoms with Gasteiger partial charge in [0.2, 0.25) is 0 Å². The molecule has 0 aliphatic rings. The molecular weight excluding hydrogens is 297 g/mol. The Morgan fingerprint density at radius 3 is 2.90 bits per heavy atom. The van der Waals surface area contributed by atoms with Crippen LogP contribution in [0.3, 0.4) is 0 Å². The average Bonchev–Trinajstić information content (AvgIpc) is 2.95. The van der Waals surface area contributed by atoms with Gasteiger partial charge in [0.05, 0.1) is 34.2 Å². The molecule has 2 heterocycles. The highest BCUT2D eigenvalue weighted by atomic mass is 35.5. The third-order valence-electron chi connectivity index (χ3n) is 3.24. The lowest BCUT2D eigenvalue weighted by Crippen LogP contribution is -2.05. The Hall–Kier alpha value is -1.46. The second-order valence-corrected chi connectivity index (χ2v) is 6.26. The van der Waals surface area contributed by atoms with Crippen molar-refractivity contribution in [3.63, 3.8) is 0 Å². The van der Waals surface area contributed by atoms with Crippen LogP contribution in [0.25, 0.3) is 11.0 Å². The fourth-order valence-corrected chi connectivity index (χ4v) is 3.14. The van der Waals surface area contributed by atoms with Crippen LogP contribution in [-0.4, -0.2) is 14.5 Å². The Morgan fingerprint density at radius 2 is 2.25 bits per heavy atom. The molecule has 20 heavy (non-hydrogen) atoms. The summed E-state index contributed by atoms with van der Waals surface area (Å²) < 4.78 is 15.5. The van der Waals surface area contributed by atoms with Gasteiger partial charge in [0, 0.05) is 4.88 Å². The van der Waals surface area contributed by atoms with Gasteiger partial charge in [-0.3, -0.25) is 0 Å². The smallest absolute Gasteiger partial charge is 0.128 e. The maximum atomic E-state index is 13.5. The Labute approximate surface area is 125 Å². The van der Waals surface area contributed by atoms with Crippen molar-refractivity contribution in [1.82, 2.24) is 14.5 Å². The van der Waals surface area contributed by atoms with E-state index in [2.05, 4.69) is 9.97 Å². The zero-order valence-corrected chi connectivity index (χ0v) is 12.7. The molecule has 0 N–H and O–H groups in total. The number of hydrogen-bond donors (Lipinski definition) is 0. The number of rotatable bonds is 3. The summed E-state index contributed by atoms with van der Waals surface area (Å²) >= 11 is 7.79. The fourth-order valence-electron chi connectivity index (χ4n) is 2.21. The van der Waals surface area contributed by atoms with Gasteiger partial charge in [-0.1, -0.05) is 0 Å². The van der Waals surface area contributed by atoms with Gasteiger partial charge in [-0.25, -0.2) is 14.4 Å². The number of imidazole rings is 1. The second-order valence-electron chi connectivity index (χ2n) is 4.67. The van der Waals surface area contributed by atoms with E-state index >= 15 is 0 Å². The highest BCUT2D eigenvalue weighted by Crippen LogP contribution is 2.27. The first kappa shape index (κ1) is 13.5. The molecule has 0 amide bonds. The highest BCUT2D eigenvalue weighted by Gasteiger charge is 2.17. The molecule has 0 saturated heterocycles. The average molecular weight is 310 g/mol. The summed E-state index contributed by atoms with van der Waals surface area (Å²) in [6.07, 6.45) is 0.